The fourth-order valence-electron chi connectivity index (χ4n) is 3.57. The summed E-state index contributed by atoms with van der Waals surface area (Å²) in [7, 11) is 1.74. The molecule has 1 aliphatic carbocycles. The van der Waals surface area contributed by atoms with Crippen LogP contribution in [0, 0.1) is 46.8 Å². The van der Waals surface area contributed by atoms with E-state index in [1.54, 1.807) is 7.11 Å². The van der Waals surface area contributed by atoms with E-state index in [1.807, 2.05) is 27.7 Å². The molecule has 5 N–H and O–H groups in total. The van der Waals surface area contributed by atoms with Gasteiger partial charge in [0, 0.05) is 20.3 Å². The average Bonchev–Trinajstić information content (AvgIpc) is 3.71. The van der Waals surface area contributed by atoms with Gasteiger partial charge in [-0.2, -0.15) is 0 Å². The van der Waals surface area contributed by atoms with Gasteiger partial charge in [-0.25, -0.2) is 0 Å². The molecule has 0 aromatic rings. The van der Waals surface area contributed by atoms with E-state index in [0.29, 0.717) is 30.1 Å². The van der Waals surface area contributed by atoms with E-state index in [2.05, 4.69) is 83.1 Å². The number of hydrogen-bond donors (Lipinski definition) is 5. The fraction of sp³-hybridized carbons (Fsp3) is 1.00. The van der Waals surface area contributed by atoms with Crippen LogP contribution in [0.15, 0.2) is 0 Å². The minimum absolute atomic E-state index is 0.0741. The van der Waals surface area contributed by atoms with Gasteiger partial charge in [-0.05, 0) is 92.3 Å². The molecule has 1 aliphatic rings. The number of hydrogen-bond acceptors (Lipinski definition) is 6. The van der Waals surface area contributed by atoms with E-state index in [-0.39, 0.29) is 30.8 Å². The monoisotopic (exact) mass is 653 g/mol. The molecule has 6 nitrogen and oxygen atoms in total. The molecule has 0 spiro atoms. The van der Waals surface area contributed by atoms with Gasteiger partial charge in [0.15, 0.2) is 0 Å². The predicted molar refractivity (Wildman–Crippen MR) is 199 cm³/mol. The van der Waals surface area contributed by atoms with Crippen LogP contribution in [0.5, 0.6) is 0 Å². The lowest BCUT2D eigenvalue weighted by Crippen LogP contribution is -2.23. The quantitative estimate of drug-likeness (QED) is 0.121. The molecule has 0 aromatic carbocycles. The molecule has 0 radical (unpaired) electrons. The Morgan fingerprint density at radius 2 is 1.07 bits per heavy atom. The van der Waals surface area contributed by atoms with Gasteiger partial charge in [0.2, 0.25) is 0 Å². The van der Waals surface area contributed by atoms with Crippen LogP contribution in [0.25, 0.3) is 0 Å². The van der Waals surface area contributed by atoms with Gasteiger partial charge < -0.3 is 30.3 Å². The Hall–Kier alpha value is -0.240. The Balaban J connectivity index is -0.000000142. The highest BCUT2D eigenvalue weighted by molar-refractivity contribution is 4.73. The Morgan fingerprint density at radius 1 is 0.644 bits per heavy atom. The number of ether oxygens (including phenoxy) is 1. The molecule has 1 saturated carbocycles. The zero-order chi connectivity index (χ0) is 36.8. The lowest BCUT2D eigenvalue weighted by molar-refractivity contribution is 0.0782. The van der Waals surface area contributed by atoms with Gasteiger partial charge in [0.25, 0.3) is 0 Å². The minimum atomic E-state index is -0.519. The minimum Gasteiger partial charge on any atom is -0.396 e. The van der Waals surface area contributed by atoms with Crippen LogP contribution < -0.4 is 0 Å². The third-order valence-electron chi connectivity index (χ3n) is 7.35. The highest BCUT2D eigenvalue weighted by atomic mass is 16.5. The molecular formula is C39H88O6. The molecule has 280 valence electrons. The molecule has 3 atom stereocenters. The van der Waals surface area contributed by atoms with Crippen molar-refractivity contribution in [1.29, 1.82) is 0 Å². The van der Waals surface area contributed by atoms with Crippen molar-refractivity contribution in [1.82, 2.24) is 0 Å². The summed E-state index contributed by atoms with van der Waals surface area (Å²) in [5.74, 6) is 5.13. The summed E-state index contributed by atoms with van der Waals surface area (Å²) in [5, 5.41) is 43.6. The van der Waals surface area contributed by atoms with Gasteiger partial charge in [-0.1, -0.05) is 117 Å². The summed E-state index contributed by atoms with van der Waals surface area (Å²) in [6.07, 6.45) is 8.39. The van der Waals surface area contributed by atoms with Crippen LogP contribution >= 0.6 is 0 Å². The van der Waals surface area contributed by atoms with Gasteiger partial charge in [-0.15, -0.1) is 0 Å². The largest absolute Gasteiger partial charge is 0.396 e. The van der Waals surface area contributed by atoms with Crippen LogP contribution in [0.1, 0.15) is 162 Å². The molecule has 45 heavy (non-hydrogen) atoms. The Kier molecular flexibility index (Phi) is 42.3. The number of aliphatic hydroxyl groups is 5. The topological polar surface area (TPSA) is 110 Å². The third-order valence-corrected chi connectivity index (χ3v) is 7.35. The summed E-state index contributed by atoms with van der Waals surface area (Å²) in [4.78, 5) is 0. The first kappa shape index (κ1) is 54.2. The predicted octanol–water partition coefficient (Wildman–Crippen LogP) is 9.38. The molecule has 1 fully saturated rings. The van der Waals surface area contributed by atoms with Crippen molar-refractivity contribution in [3.63, 3.8) is 0 Å². The lowest BCUT2D eigenvalue weighted by atomic mass is 9.82. The highest BCUT2D eigenvalue weighted by Gasteiger charge is 2.21. The Labute approximate surface area is 284 Å². The van der Waals surface area contributed by atoms with Crippen molar-refractivity contribution in [2.45, 2.75) is 180 Å². The van der Waals surface area contributed by atoms with Crippen molar-refractivity contribution >= 4 is 0 Å². The standard InChI is InChI=1S/2C7H16O.C7H14.C6H14O2.2C6H14O/c1-6(2)7(3,4)5-8;1-4-7(8)5-6(2)3;1-6(2)5-7-3-4-7;1-5(2)3-6(8)4-7;1-6(2)4-5-7-3;1-5(2)4-6(3)7/h6,8H,5H2,1-4H3;6-8H,4-5H2,1-3H3;6-7H,3-5H2,1-2H3;5-8H,3-4H2,1-2H3;6H,4-5H2,1-3H3;5-7H,4H2,1-3H3/t;7-;;6-;;6-/m.0.0.0/s1. The van der Waals surface area contributed by atoms with Crippen LogP contribution in [0.2, 0.25) is 0 Å². The van der Waals surface area contributed by atoms with E-state index in [0.717, 1.165) is 43.6 Å². The first-order chi connectivity index (χ1) is 20.5. The number of rotatable bonds is 15. The maximum Gasteiger partial charge on any atom is 0.0773 e. The Bertz CT molecular complexity index is 507. The SMILES string of the molecule is CC(C)C(C)(C)CO.CC(C)CC1CC1.CC(C)C[C@H](C)O.CC(C)C[C@H](O)CO.CC[C@H](O)CC(C)C.COCCC(C)C. The van der Waals surface area contributed by atoms with Crippen LogP contribution in [0.4, 0.5) is 0 Å². The summed E-state index contributed by atoms with van der Waals surface area (Å²) >= 11 is 0. The second kappa shape index (κ2) is 35.1. The zero-order valence-corrected chi connectivity index (χ0v) is 33.7. The summed E-state index contributed by atoms with van der Waals surface area (Å²) in [6, 6.07) is 0. The lowest BCUT2D eigenvalue weighted by Gasteiger charge is -2.25. The van der Waals surface area contributed by atoms with Crippen molar-refractivity contribution in [3.8, 4) is 0 Å². The van der Waals surface area contributed by atoms with E-state index >= 15 is 0 Å². The molecule has 0 amide bonds. The smallest absolute Gasteiger partial charge is 0.0773 e. The first-order valence-electron chi connectivity index (χ1n) is 18.3. The molecule has 0 heterocycles. The molecule has 6 heteroatoms. The van der Waals surface area contributed by atoms with E-state index in [1.165, 1.54) is 25.7 Å². The highest BCUT2D eigenvalue weighted by Crippen LogP contribution is 2.34. The summed E-state index contributed by atoms with van der Waals surface area (Å²) in [6.45, 7) is 34.7. The second-order valence-corrected chi connectivity index (χ2v) is 16.2. The van der Waals surface area contributed by atoms with Gasteiger partial charge in [0.05, 0.1) is 24.9 Å². The van der Waals surface area contributed by atoms with Crippen LogP contribution in [0.3, 0.4) is 0 Å². The van der Waals surface area contributed by atoms with Crippen LogP contribution in [-0.4, -0.2) is 70.8 Å². The van der Waals surface area contributed by atoms with Crippen LogP contribution in [-0.2, 0) is 4.74 Å². The molecule has 0 aliphatic heterocycles. The summed E-state index contributed by atoms with van der Waals surface area (Å²) < 4.78 is 4.85. The molecule has 0 aromatic heterocycles. The molecular weight excluding hydrogens is 564 g/mol. The molecule has 0 unspecified atom stereocenters. The van der Waals surface area contributed by atoms with Crippen molar-refractivity contribution in [2.75, 3.05) is 26.9 Å². The van der Waals surface area contributed by atoms with Gasteiger partial charge >= 0.3 is 0 Å². The zero-order valence-electron chi connectivity index (χ0n) is 33.7. The molecule has 0 saturated heterocycles. The molecule has 0 bridgehead atoms. The van der Waals surface area contributed by atoms with Crippen molar-refractivity contribution in [3.05, 3.63) is 0 Å². The van der Waals surface area contributed by atoms with Crippen molar-refractivity contribution < 1.29 is 30.3 Å². The summed E-state index contributed by atoms with van der Waals surface area (Å²) in [5.41, 5.74) is 0.0972. The molecule has 1 rings (SSSR count). The fourth-order valence-corrected chi connectivity index (χ4v) is 3.57. The number of aliphatic hydroxyl groups excluding tert-OH is 5. The number of methoxy groups -OCH3 is 1. The average molecular weight is 653 g/mol. The maximum absolute atomic E-state index is 9.03. The van der Waals surface area contributed by atoms with E-state index in [4.69, 9.17) is 30.3 Å². The normalized spacial score (nSPS) is 14.7. The van der Waals surface area contributed by atoms with E-state index in [9.17, 15) is 0 Å². The van der Waals surface area contributed by atoms with Gasteiger partial charge in [-0.3, -0.25) is 0 Å². The Morgan fingerprint density at radius 3 is 1.16 bits per heavy atom. The van der Waals surface area contributed by atoms with Crippen molar-refractivity contribution in [2.24, 2.45) is 46.8 Å². The second-order valence-electron chi connectivity index (χ2n) is 16.2. The first-order valence-corrected chi connectivity index (χ1v) is 18.3. The van der Waals surface area contributed by atoms with E-state index < -0.39 is 6.10 Å². The van der Waals surface area contributed by atoms with Gasteiger partial charge in [0.1, 0.15) is 0 Å². The third kappa shape index (κ3) is 59.7. The maximum atomic E-state index is 9.03.